The minimum Gasteiger partial charge on any atom is -0.469 e. The van der Waals surface area contributed by atoms with Crippen molar-refractivity contribution in [3.8, 4) is 0 Å². The molecule has 1 aliphatic carbocycles. The SMILES string of the molecule is COC(=O)C[C@H]1CCC2(C1)O[C@H](C)[C@@H](C)O2. The first kappa shape index (κ1) is 11.9. The fourth-order valence-electron chi connectivity index (χ4n) is 2.67. The monoisotopic (exact) mass is 228 g/mol. The summed E-state index contributed by atoms with van der Waals surface area (Å²) >= 11 is 0. The highest BCUT2D eigenvalue weighted by Gasteiger charge is 2.49. The van der Waals surface area contributed by atoms with Gasteiger partial charge in [0.1, 0.15) is 0 Å². The highest BCUT2D eigenvalue weighted by molar-refractivity contribution is 5.69. The van der Waals surface area contributed by atoms with Crippen molar-refractivity contribution in [3.63, 3.8) is 0 Å². The van der Waals surface area contributed by atoms with Gasteiger partial charge in [0.25, 0.3) is 0 Å². The summed E-state index contributed by atoms with van der Waals surface area (Å²) in [5.41, 5.74) is 0. The van der Waals surface area contributed by atoms with Gasteiger partial charge in [0.05, 0.1) is 19.3 Å². The number of methoxy groups -OCH3 is 1. The summed E-state index contributed by atoms with van der Waals surface area (Å²) in [5, 5.41) is 0. The molecule has 1 spiro atoms. The molecule has 1 heterocycles. The van der Waals surface area contributed by atoms with E-state index < -0.39 is 5.79 Å². The Hall–Kier alpha value is -0.610. The number of rotatable bonds is 2. The fourth-order valence-corrected chi connectivity index (χ4v) is 2.67. The van der Waals surface area contributed by atoms with Gasteiger partial charge in [-0.3, -0.25) is 4.79 Å². The molecule has 3 atom stereocenters. The largest absolute Gasteiger partial charge is 0.469 e. The highest BCUT2D eigenvalue weighted by atomic mass is 16.8. The van der Waals surface area contributed by atoms with Gasteiger partial charge in [-0.1, -0.05) is 0 Å². The van der Waals surface area contributed by atoms with Crippen molar-refractivity contribution in [2.24, 2.45) is 5.92 Å². The van der Waals surface area contributed by atoms with Crippen LogP contribution in [-0.2, 0) is 19.0 Å². The van der Waals surface area contributed by atoms with E-state index in [1.165, 1.54) is 7.11 Å². The molecule has 16 heavy (non-hydrogen) atoms. The van der Waals surface area contributed by atoms with Crippen LogP contribution in [0.3, 0.4) is 0 Å². The maximum Gasteiger partial charge on any atom is 0.305 e. The van der Waals surface area contributed by atoms with E-state index in [1.807, 2.05) is 13.8 Å². The zero-order valence-electron chi connectivity index (χ0n) is 10.2. The second-order valence-electron chi connectivity index (χ2n) is 4.95. The summed E-state index contributed by atoms with van der Waals surface area (Å²) in [4.78, 5) is 11.2. The maximum absolute atomic E-state index is 11.2. The van der Waals surface area contributed by atoms with E-state index in [9.17, 15) is 4.79 Å². The van der Waals surface area contributed by atoms with Crippen LogP contribution < -0.4 is 0 Å². The normalized spacial score (nSPS) is 36.8. The predicted octanol–water partition coefficient (Wildman–Crippen LogP) is 1.87. The van der Waals surface area contributed by atoms with Crippen molar-refractivity contribution in [1.29, 1.82) is 0 Å². The van der Waals surface area contributed by atoms with Gasteiger partial charge >= 0.3 is 5.97 Å². The highest BCUT2D eigenvalue weighted by Crippen LogP contribution is 2.45. The van der Waals surface area contributed by atoms with Gasteiger partial charge in [0.2, 0.25) is 0 Å². The van der Waals surface area contributed by atoms with E-state index in [0.29, 0.717) is 12.3 Å². The minimum atomic E-state index is -0.419. The molecule has 0 aromatic rings. The first-order valence-corrected chi connectivity index (χ1v) is 5.97. The van der Waals surface area contributed by atoms with Crippen molar-refractivity contribution in [1.82, 2.24) is 0 Å². The first-order valence-electron chi connectivity index (χ1n) is 5.97. The average Bonchev–Trinajstić information content (AvgIpc) is 2.72. The van der Waals surface area contributed by atoms with Crippen LogP contribution in [0.5, 0.6) is 0 Å². The number of esters is 1. The number of hydrogen-bond acceptors (Lipinski definition) is 4. The smallest absolute Gasteiger partial charge is 0.305 e. The Labute approximate surface area is 96.2 Å². The molecule has 4 heteroatoms. The number of ether oxygens (including phenoxy) is 3. The number of hydrogen-bond donors (Lipinski definition) is 0. The summed E-state index contributed by atoms with van der Waals surface area (Å²) in [6.07, 6.45) is 3.47. The van der Waals surface area contributed by atoms with Gasteiger partial charge in [0.15, 0.2) is 5.79 Å². The molecule has 0 amide bonds. The minimum absolute atomic E-state index is 0.138. The van der Waals surface area contributed by atoms with Gasteiger partial charge in [0, 0.05) is 19.3 Å². The van der Waals surface area contributed by atoms with Crippen LogP contribution >= 0.6 is 0 Å². The summed E-state index contributed by atoms with van der Waals surface area (Å²) in [7, 11) is 1.43. The molecule has 2 aliphatic rings. The zero-order valence-corrected chi connectivity index (χ0v) is 10.2. The molecule has 4 nitrogen and oxygen atoms in total. The molecule has 0 aromatic carbocycles. The lowest BCUT2D eigenvalue weighted by atomic mass is 10.0. The van der Waals surface area contributed by atoms with E-state index in [4.69, 9.17) is 9.47 Å². The lowest BCUT2D eigenvalue weighted by molar-refractivity contribution is -0.169. The molecule has 1 aliphatic heterocycles. The summed E-state index contributed by atoms with van der Waals surface area (Å²) < 4.78 is 16.5. The van der Waals surface area contributed by atoms with Gasteiger partial charge in [-0.05, 0) is 26.2 Å². The third-order valence-electron chi connectivity index (χ3n) is 3.68. The van der Waals surface area contributed by atoms with Crippen molar-refractivity contribution in [2.45, 2.75) is 57.5 Å². The maximum atomic E-state index is 11.2. The van der Waals surface area contributed by atoms with Crippen molar-refractivity contribution in [3.05, 3.63) is 0 Å². The van der Waals surface area contributed by atoms with Gasteiger partial charge < -0.3 is 14.2 Å². The molecule has 1 saturated heterocycles. The Bertz CT molecular complexity index is 266. The van der Waals surface area contributed by atoms with E-state index in [1.54, 1.807) is 0 Å². The third-order valence-corrected chi connectivity index (χ3v) is 3.68. The van der Waals surface area contributed by atoms with E-state index in [-0.39, 0.29) is 18.2 Å². The molecule has 0 radical (unpaired) electrons. The van der Waals surface area contributed by atoms with Crippen LogP contribution in [0, 0.1) is 5.92 Å². The quantitative estimate of drug-likeness (QED) is 0.677. The van der Waals surface area contributed by atoms with Crippen LogP contribution in [0.2, 0.25) is 0 Å². The van der Waals surface area contributed by atoms with E-state index in [2.05, 4.69) is 4.74 Å². The van der Waals surface area contributed by atoms with Crippen LogP contribution in [-0.4, -0.2) is 31.1 Å². The standard InChI is InChI=1S/C12H20O4/c1-8-9(2)16-12(15-8)5-4-10(7-12)6-11(13)14-3/h8-10H,4-7H2,1-3H3/t8-,9-,10-/m1/s1. The molecule has 92 valence electrons. The fraction of sp³-hybridized carbons (Fsp3) is 0.917. The van der Waals surface area contributed by atoms with Crippen molar-refractivity contribution in [2.75, 3.05) is 7.11 Å². The molecule has 0 unspecified atom stereocenters. The van der Waals surface area contributed by atoms with Crippen LogP contribution in [0.25, 0.3) is 0 Å². The Morgan fingerprint density at radius 1 is 1.38 bits per heavy atom. The summed E-state index contributed by atoms with van der Waals surface area (Å²) in [6, 6.07) is 0. The molecular weight excluding hydrogens is 208 g/mol. The molecule has 0 N–H and O–H groups in total. The van der Waals surface area contributed by atoms with Crippen LogP contribution in [0.4, 0.5) is 0 Å². The molecule has 0 bridgehead atoms. The van der Waals surface area contributed by atoms with Crippen molar-refractivity contribution >= 4 is 5.97 Å². The van der Waals surface area contributed by atoms with Crippen molar-refractivity contribution < 1.29 is 19.0 Å². The second-order valence-corrected chi connectivity index (χ2v) is 4.95. The van der Waals surface area contributed by atoms with Gasteiger partial charge in [-0.15, -0.1) is 0 Å². The second kappa shape index (κ2) is 4.34. The van der Waals surface area contributed by atoms with Gasteiger partial charge in [-0.25, -0.2) is 0 Å². The molecule has 2 fully saturated rings. The molecule has 1 saturated carbocycles. The Kier molecular flexibility index (Phi) is 3.22. The van der Waals surface area contributed by atoms with Gasteiger partial charge in [-0.2, -0.15) is 0 Å². The van der Waals surface area contributed by atoms with E-state index >= 15 is 0 Å². The topological polar surface area (TPSA) is 44.8 Å². The van der Waals surface area contributed by atoms with Crippen LogP contribution in [0.15, 0.2) is 0 Å². The average molecular weight is 228 g/mol. The lowest BCUT2D eigenvalue weighted by Gasteiger charge is -2.22. The number of carbonyl (C=O) groups is 1. The van der Waals surface area contributed by atoms with E-state index in [0.717, 1.165) is 19.3 Å². The third kappa shape index (κ3) is 2.23. The number of carbonyl (C=O) groups excluding carboxylic acids is 1. The zero-order chi connectivity index (χ0) is 11.8. The Morgan fingerprint density at radius 3 is 2.56 bits per heavy atom. The summed E-state index contributed by atoms with van der Waals surface area (Å²) in [5.74, 6) is -0.219. The Balaban J connectivity index is 1.90. The first-order chi connectivity index (χ1) is 7.54. The lowest BCUT2D eigenvalue weighted by Crippen LogP contribution is -2.27. The predicted molar refractivity (Wildman–Crippen MR) is 57.8 cm³/mol. The molecule has 2 rings (SSSR count). The molecule has 0 aromatic heterocycles. The Morgan fingerprint density at radius 2 is 2.00 bits per heavy atom. The molecular formula is C12H20O4. The van der Waals surface area contributed by atoms with Crippen LogP contribution in [0.1, 0.15) is 39.5 Å². The summed E-state index contributed by atoms with van der Waals surface area (Å²) in [6.45, 7) is 4.07.